The first-order valence-corrected chi connectivity index (χ1v) is 13.5. The summed E-state index contributed by atoms with van der Waals surface area (Å²) in [5.41, 5.74) is 0. The van der Waals surface area contributed by atoms with E-state index in [0.29, 0.717) is 12.8 Å². The fourth-order valence-corrected chi connectivity index (χ4v) is 3.60. The third kappa shape index (κ3) is 20.1. The van der Waals surface area contributed by atoms with E-state index in [1.165, 1.54) is 19.3 Å². The average molecular weight is 499 g/mol. The summed E-state index contributed by atoms with van der Waals surface area (Å²) in [6.07, 6.45) is 7.82. The molecule has 3 N–H and O–H groups in total. The number of phosphoric acid groups is 1. The van der Waals surface area contributed by atoms with Gasteiger partial charge in [-0.1, -0.05) is 65.2 Å². The van der Waals surface area contributed by atoms with Crippen molar-refractivity contribution in [3.05, 3.63) is 0 Å². The molecule has 0 saturated heterocycles. The topological polar surface area (TPSA) is 149 Å². The van der Waals surface area contributed by atoms with Gasteiger partial charge in [-0.25, -0.2) is 4.57 Å². The average Bonchev–Trinajstić information content (AvgIpc) is 2.78. The number of phosphoric ester groups is 1. The Hall–Kier alpha value is -1.03. The molecule has 3 atom stereocenters. The monoisotopic (exact) mass is 498 g/mol. The van der Waals surface area contributed by atoms with Crippen LogP contribution >= 0.6 is 7.82 Å². The molecule has 0 fully saturated rings. The molecular formula is C22H43O10P. The maximum absolute atomic E-state index is 12.2. The zero-order valence-electron chi connectivity index (χ0n) is 20.1. The maximum atomic E-state index is 12.2. The Morgan fingerprint density at radius 3 is 1.94 bits per heavy atom. The van der Waals surface area contributed by atoms with Crippen LogP contribution in [0, 0.1) is 0 Å². The second-order valence-corrected chi connectivity index (χ2v) is 9.47. The van der Waals surface area contributed by atoms with E-state index >= 15 is 0 Å². The number of unbranched alkanes of at least 4 members (excludes halogenated alkanes) is 8. The molecule has 0 spiro atoms. The first kappa shape index (κ1) is 32.0. The van der Waals surface area contributed by atoms with E-state index in [-0.39, 0.29) is 19.4 Å². The van der Waals surface area contributed by atoms with Crippen LogP contribution in [0.25, 0.3) is 0 Å². The number of carbonyl (C=O) groups is 2. The first-order chi connectivity index (χ1) is 15.7. The summed E-state index contributed by atoms with van der Waals surface area (Å²) in [5, 5.41) is 18.0. The molecule has 0 amide bonds. The highest BCUT2D eigenvalue weighted by atomic mass is 31.2. The molecule has 0 aromatic heterocycles. The molecule has 0 radical (unpaired) electrons. The Morgan fingerprint density at radius 2 is 1.30 bits per heavy atom. The van der Waals surface area contributed by atoms with Crippen LogP contribution in [0.5, 0.6) is 0 Å². The molecule has 11 heteroatoms. The smallest absolute Gasteiger partial charge is 0.462 e. The fraction of sp³-hybridized carbons (Fsp3) is 0.909. The molecule has 0 aromatic carbocycles. The zero-order valence-corrected chi connectivity index (χ0v) is 21.0. The standard InChI is InChI=1S/C22H43O10P/c1-3-5-7-8-9-10-12-14-22(26)32-20(17-29-21(25)13-11-6-4-2)18-31-33(27,28)30-16-19(24)15-23/h19-20,23-24H,3-18H2,1-2H3,(H,27,28)/t19-,20+/m0/s1. The molecule has 0 rings (SSSR count). The number of carbonyl (C=O) groups excluding carboxylic acids is 2. The van der Waals surface area contributed by atoms with E-state index in [1.807, 2.05) is 6.92 Å². The van der Waals surface area contributed by atoms with Crippen LogP contribution in [0.3, 0.4) is 0 Å². The lowest BCUT2D eigenvalue weighted by Crippen LogP contribution is -2.29. The van der Waals surface area contributed by atoms with Crippen LogP contribution in [-0.2, 0) is 32.7 Å². The van der Waals surface area contributed by atoms with Gasteiger partial charge in [0.05, 0.1) is 19.8 Å². The third-order valence-corrected chi connectivity index (χ3v) is 5.71. The summed E-state index contributed by atoms with van der Waals surface area (Å²) in [7, 11) is -4.57. The van der Waals surface area contributed by atoms with Gasteiger partial charge in [0.25, 0.3) is 0 Å². The third-order valence-electron chi connectivity index (χ3n) is 4.76. The van der Waals surface area contributed by atoms with Crippen molar-refractivity contribution >= 4 is 19.8 Å². The van der Waals surface area contributed by atoms with E-state index in [2.05, 4.69) is 11.4 Å². The number of rotatable bonds is 22. The number of aliphatic hydroxyl groups is 2. The van der Waals surface area contributed by atoms with Crippen molar-refractivity contribution < 1.29 is 47.8 Å². The van der Waals surface area contributed by atoms with E-state index in [4.69, 9.17) is 19.1 Å². The molecule has 0 aliphatic carbocycles. The number of aliphatic hydroxyl groups excluding tert-OH is 2. The van der Waals surface area contributed by atoms with Crippen LogP contribution in [0.2, 0.25) is 0 Å². The predicted molar refractivity (Wildman–Crippen MR) is 122 cm³/mol. The van der Waals surface area contributed by atoms with Gasteiger partial charge >= 0.3 is 19.8 Å². The summed E-state index contributed by atoms with van der Waals surface area (Å²) in [6.45, 7) is 2.06. The molecule has 0 aliphatic heterocycles. The largest absolute Gasteiger partial charge is 0.472 e. The van der Waals surface area contributed by atoms with Crippen molar-refractivity contribution in [2.24, 2.45) is 0 Å². The van der Waals surface area contributed by atoms with Crippen molar-refractivity contribution in [1.82, 2.24) is 0 Å². The molecule has 1 unspecified atom stereocenters. The Bertz CT molecular complexity index is 557. The lowest BCUT2D eigenvalue weighted by atomic mass is 10.1. The molecule has 10 nitrogen and oxygen atoms in total. The van der Waals surface area contributed by atoms with Crippen molar-refractivity contribution in [3.8, 4) is 0 Å². The molecule has 196 valence electrons. The van der Waals surface area contributed by atoms with E-state index < -0.39 is 51.8 Å². The van der Waals surface area contributed by atoms with E-state index in [1.54, 1.807) is 0 Å². The maximum Gasteiger partial charge on any atom is 0.472 e. The van der Waals surface area contributed by atoms with Crippen molar-refractivity contribution in [2.75, 3.05) is 26.4 Å². The minimum atomic E-state index is -4.57. The Labute approximate surface area is 197 Å². The summed E-state index contributed by atoms with van der Waals surface area (Å²) in [6, 6.07) is 0. The lowest BCUT2D eigenvalue weighted by Gasteiger charge is -2.20. The highest BCUT2D eigenvalue weighted by Crippen LogP contribution is 2.43. The number of ether oxygens (including phenoxy) is 2. The zero-order chi connectivity index (χ0) is 25.0. The van der Waals surface area contributed by atoms with Crippen LogP contribution in [0.4, 0.5) is 0 Å². The van der Waals surface area contributed by atoms with Crippen LogP contribution < -0.4 is 0 Å². The lowest BCUT2D eigenvalue weighted by molar-refractivity contribution is -0.161. The van der Waals surface area contributed by atoms with Crippen molar-refractivity contribution in [1.29, 1.82) is 0 Å². The number of hydrogen-bond donors (Lipinski definition) is 3. The Morgan fingerprint density at radius 1 is 0.788 bits per heavy atom. The quantitative estimate of drug-likeness (QED) is 0.115. The van der Waals surface area contributed by atoms with Gasteiger partial charge in [-0.3, -0.25) is 18.6 Å². The van der Waals surface area contributed by atoms with Gasteiger partial charge in [-0.05, 0) is 12.8 Å². The molecule has 0 saturated carbocycles. The van der Waals surface area contributed by atoms with Gasteiger partial charge in [-0.15, -0.1) is 0 Å². The fourth-order valence-electron chi connectivity index (χ4n) is 2.81. The molecule has 0 heterocycles. The number of esters is 2. The Balaban J connectivity index is 4.56. The molecule has 0 bridgehead atoms. The normalized spacial score (nSPS) is 14.9. The second-order valence-electron chi connectivity index (χ2n) is 8.02. The molecular weight excluding hydrogens is 455 g/mol. The summed E-state index contributed by atoms with van der Waals surface area (Å²) < 4.78 is 31.8. The van der Waals surface area contributed by atoms with Crippen LogP contribution in [-0.4, -0.2) is 65.7 Å². The minimum Gasteiger partial charge on any atom is -0.462 e. The van der Waals surface area contributed by atoms with Gasteiger partial charge in [-0.2, -0.15) is 0 Å². The van der Waals surface area contributed by atoms with Crippen LogP contribution in [0.1, 0.15) is 90.9 Å². The summed E-state index contributed by atoms with van der Waals surface area (Å²) in [4.78, 5) is 33.7. The highest BCUT2D eigenvalue weighted by molar-refractivity contribution is 7.47. The van der Waals surface area contributed by atoms with Gasteiger partial charge in [0.15, 0.2) is 6.10 Å². The minimum absolute atomic E-state index is 0.185. The van der Waals surface area contributed by atoms with Gasteiger partial charge in [0.2, 0.25) is 0 Å². The molecule has 0 aromatic rings. The van der Waals surface area contributed by atoms with Crippen molar-refractivity contribution in [3.63, 3.8) is 0 Å². The second kappa shape index (κ2) is 20.4. The summed E-state index contributed by atoms with van der Waals surface area (Å²) in [5.74, 6) is -0.963. The van der Waals surface area contributed by atoms with Gasteiger partial charge in [0.1, 0.15) is 12.7 Å². The van der Waals surface area contributed by atoms with E-state index in [0.717, 1.165) is 32.1 Å². The van der Waals surface area contributed by atoms with Crippen LogP contribution in [0.15, 0.2) is 0 Å². The Kier molecular flexibility index (Phi) is 19.7. The van der Waals surface area contributed by atoms with E-state index in [9.17, 15) is 24.2 Å². The summed E-state index contributed by atoms with van der Waals surface area (Å²) >= 11 is 0. The molecule has 33 heavy (non-hydrogen) atoms. The SMILES string of the molecule is CCCCCCCCCC(=O)O[C@H](COC(=O)CCCCC)COP(=O)(O)OC[C@@H](O)CO. The first-order valence-electron chi connectivity index (χ1n) is 12.0. The van der Waals surface area contributed by atoms with Crippen molar-refractivity contribution in [2.45, 2.75) is 103 Å². The predicted octanol–water partition coefficient (Wildman–Crippen LogP) is 3.65. The van der Waals surface area contributed by atoms with Gasteiger partial charge < -0.3 is 24.6 Å². The molecule has 0 aliphatic rings. The number of hydrogen-bond acceptors (Lipinski definition) is 9. The highest BCUT2D eigenvalue weighted by Gasteiger charge is 2.27. The van der Waals surface area contributed by atoms with Gasteiger partial charge in [0, 0.05) is 12.8 Å².